The first-order chi connectivity index (χ1) is 11.8. The Bertz CT molecular complexity index is 1100. The van der Waals surface area contributed by atoms with E-state index < -0.39 is 16.0 Å². The summed E-state index contributed by atoms with van der Waals surface area (Å²) in [5.74, 6) is -1.24. The largest absolute Gasteiger partial charge is 0.478 e. The number of aryl methyl sites for hydroxylation is 1. The highest BCUT2D eigenvalue weighted by Gasteiger charge is 2.19. The van der Waals surface area contributed by atoms with Gasteiger partial charge in [0, 0.05) is 17.3 Å². The second-order valence-electron chi connectivity index (χ2n) is 5.45. The first-order valence-corrected chi connectivity index (χ1v) is 9.05. The molecule has 0 atom stereocenters. The van der Waals surface area contributed by atoms with Gasteiger partial charge in [-0.05, 0) is 42.8 Å². The predicted octanol–water partition coefficient (Wildman–Crippen LogP) is 3.70. The molecule has 2 aromatic carbocycles. The molecule has 0 spiro atoms. The third-order valence-corrected chi connectivity index (χ3v) is 5.29. The molecule has 3 rings (SSSR count). The molecule has 1 aromatic heterocycles. The fourth-order valence-corrected chi connectivity index (χ4v) is 3.85. The van der Waals surface area contributed by atoms with E-state index in [9.17, 15) is 13.2 Å². The number of rotatable bonds is 4. The number of nitrogens with one attached hydrogen (secondary N) is 1. The molecule has 0 fully saturated rings. The van der Waals surface area contributed by atoms with E-state index in [1.54, 1.807) is 18.3 Å². The molecule has 0 aliphatic heterocycles. The standard InChI is InChI=1S/C17H13ClN2O4S/c1-10-7-11-3-2-4-15(16(11)19-9-10)25(23,24)20-12-5-6-14(18)13(8-12)17(21)22/h2-9,20H,1H3,(H,21,22). The first kappa shape index (κ1) is 17.2. The Kier molecular flexibility index (Phi) is 4.36. The van der Waals surface area contributed by atoms with Gasteiger partial charge >= 0.3 is 5.97 Å². The van der Waals surface area contributed by atoms with Crippen molar-refractivity contribution in [2.75, 3.05) is 4.72 Å². The number of pyridine rings is 1. The monoisotopic (exact) mass is 376 g/mol. The number of hydrogen-bond donors (Lipinski definition) is 2. The molecule has 1 heterocycles. The van der Waals surface area contributed by atoms with Gasteiger partial charge in [-0.3, -0.25) is 9.71 Å². The number of nitrogens with zero attached hydrogens (tertiary/aromatic N) is 1. The molecule has 0 aliphatic rings. The maximum absolute atomic E-state index is 12.7. The van der Waals surface area contributed by atoms with Crippen molar-refractivity contribution in [1.29, 1.82) is 0 Å². The number of benzene rings is 2. The average molecular weight is 377 g/mol. The zero-order valence-corrected chi connectivity index (χ0v) is 14.6. The number of para-hydroxylation sites is 1. The van der Waals surface area contributed by atoms with Crippen molar-refractivity contribution in [3.05, 3.63) is 64.8 Å². The Morgan fingerprint density at radius 3 is 2.68 bits per heavy atom. The number of anilines is 1. The minimum absolute atomic E-state index is 0.0109. The van der Waals surface area contributed by atoms with E-state index in [2.05, 4.69) is 9.71 Å². The van der Waals surface area contributed by atoms with Crippen LogP contribution >= 0.6 is 11.6 Å². The molecule has 0 saturated carbocycles. The molecule has 0 amide bonds. The number of hydrogen-bond acceptors (Lipinski definition) is 4. The topological polar surface area (TPSA) is 96.4 Å². The van der Waals surface area contributed by atoms with E-state index in [-0.39, 0.29) is 21.2 Å². The predicted molar refractivity (Wildman–Crippen MR) is 95.7 cm³/mol. The second-order valence-corrected chi connectivity index (χ2v) is 7.50. The van der Waals surface area contributed by atoms with Gasteiger partial charge in [0.2, 0.25) is 0 Å². The van der Waals surface area contributed by atoms with Crippen LogP contribution in [0.3, 0.4) is 0 Å². The Hall–Kier alpha value is -2.64. The highest BCUT2D eigenvalue weighted by atomic mass is 35.5. The van der Waals surface area contributed by atoms with Crippen LogP contribution < -0.4 is 4.72 Å². The van der Waals surface area contributed by atoms with E-state index in [0.717, 1.165) is 5.56 Å². The maximum atomic E-state index is 12.7. The lowest BCUT2D eigenvalue weighted by molar-refractivity contribution is 0.0697. The van der Waals surface area contributed by atoms with Crippen LogP contribution in [0.25, 0.3) is 10.9 Å². The number of sulfonamides is 1. The van der Waals surface area contributed by atoms with E-state index in [1.807, 2.05) is 13.0 Å². The smallest absolute Gasteiger partial charge is 0.337 e. The Balaban J connectivity index is 2.06. The molecular weight excluding hydrogens is 364 g/mol. The molecule has 2 N–H and O–H groups in total. The van der Waals surface area contributed by atoms with Crippen molar-refractivity contribution in [2.24, 2.45) is 0 Å². The van der Waals surface area contributed by atoms with Crippen molar-refractivity contribution < 1.29 is 18.3 Å². The minimum Gasteiger partial charge on any atom is -0.478 e. The molecule has 6 nitrogen and oxygen atoms in total. The van der Waals surface area contributed by atoms with Crippen LogP contribution in [0.1, 0.15) is 15.9 Å². The van der Waals surface area contributed by atoms with Gasteiger partial charge in [-0.1, -0.05) is 23.7 Å². The third-order valence-electron chi connectivity index (χ3n) is 3.55. The zero-order chi connectivity index (χ0) is 18.2. The SMILES string of the molecule is Cc1cnc2c(S(=O)(=O)Nc3ccc(Cl)c(C(=O)O)c3)cccc2c1. The fourth-order valence-electron chi connectivity index (χ4n) is 2.42. The molecule has 0 bridgehead atoms. The number of carboxylic acids is 1. The molecule has 128 valence electrons. The van der Waals surface area contributed by atoms with Crippen LogP contribution in [0.15, 0.2) is 53.6 Å². The third kappa shape index (κ3) is 3.42. The number of aromatic nitrogens is 1. The summed E-state index contributed by atoms with van der Waals surface area (Å²) in [5, 5.41) is 9.83. The van der Waals surface area contributed by atoms with Crippen LogP contribution in [-0.2, 0) is 10.0 Å². The maximum Gasteiger partial charge on any atom is 0.337 e. The van der Waals surface area contributed by atoms with E-state index >= 15 is 0 Å². The Morgan fingerprint density at radius 1 is 1.20 bits per heavy atom. The van der Waals surface area contributed by atoms with E-state index in [4.69, 9.17) is 16.7 Å². The van der Waals surface area contributed by atoms with Gasteiger partial charge in [0.15, 0.2) is 0 Å². The van der Waals surface area contributed by atoms with Crippen molar-refractivity contribution >= 4 is 44.2 Å². The Labute approximate surface area is 149 Å². The highest BCUT2D eigenvalue weighted by molar-refractivity contribution is 7.93. The summed E-state index contributed by atoms with van der Waals surface area (Å²) >= 11 is 5.80. The molecule has 0 unspecified atom stereocenters. The quantitative estimate of drug-likeness (QED) is 0.723. The van der Waals surface area contributed by atoms with Crippen molar-refractivity contribution in [3.8, 4) is 0 Å². The molecule has 0 saturated heterocycles. The summed E-state index contributed by atoms with van der Waals surface area (Å²) in [5.41, 5.74) is 1.17. The molecule has 8 heteroatoms. The normalized spacial score (nSPS) is 11.4. The van der Waals surface area contributed by atoms with Gasteiger partial charge in [-0.2, -0.15) is 0 Å². The number of carboxylic acid groups (broad SMARTS) is 1. The van der Waals surface area contributed by atoms with Crippen LogP contribution in [0.2, 0.25) is 5.02 Å². The number of fused-ring (bicyclic) bond motifs is 1. The molecule has 25 heavy (non-hydrogen) atoms. The van der Waals surface area contributed by atoms with E-state index in [1.165, 1.54) is 24.3 Å². The molecule has 3 aromatic rings. The molecule has 0 radical (unpaired) electrons. The lowest BCUT2D eigenvalue weighted by Gasteiger charge is -2.11. The summed E-state index contributed by atoms with van der Waals surface area (Å²) in [6, 6.07) is 10.6. The lowest BCUT2D eigenvalue weighted by atomic mass is 10.2. The highest BCUT2D eigenvalue weighted by Crippen LogP contribution is 2.26. The Morgan fingerprint density at radius 2 is 1.96 bits per heavy atom. The van der Waals surface area contributed by atoms with Crippen LogP contribution in [0.5, 0.6) is 0 Å². The first-order valence-electron chi connectivity index (χ1n) is 7.19. The fraction of sp³-hybridized carbons (Fsp3) is 0.0588. The minimum atomic E-state index is -3.96. The number of halogens is 1. The second kappa shape index (κ2) is 6.34. The summed E-state index contributed by atoms with van der Waals surface area (Å²) in [6.45, 7) is 1.87. The van der Waals surface area contributed by atoms with Gasteiger partial charge in [0.1, 0.15) is 4.90 Å². The molecular formula is C17H13ClN2O4S. The lowest BCUT2D eigenvalue weighted by Crippen LogP contribution is -2.14. The van der Waals surface area contributed by atoms with Crippen molar-refractivity contribution in [1.82, 2.24) is 4.98 Å². The van der Waals surface area contributed by atoms with Gasteiger partial charge < -0.3 is 5.11 Å². The number of aromatic carboxylic acids is 1. The van der Waals surface area contributed by atoms with Gasteiger partial charge in [0.05, 0.1) is 16.1 Å². The molecule has 0 aliphatic carbocycles. The van der Waals surface area contributed by atoms with E-state index in [0.29, 0.717) is 10.9 Å². The van der Waals surface area contributed by atoms with Gasteiger partial charge in [-0.15, -0.1) is 0 Å². The summed E-state index contributed by atoms with van der Waals surface area (Å²) in [4.78, 5) is 15.4. The number of carbonyl (C=O) groups is 1. The van der Waals surface area contributed by atoms with Gasteiger partial charge in [-0.25, -0.2) is 13.2 Å². The van der Waals surface area contributed by atoms with Crippen LogP contribution in [-0.4, -0.2) is 24.5 Å². The zero-order valence-electron chi connectivity index (χ0n) is 13.0. The summed E-state index contributed by atoms with van der Waals surface area (Å²) in [6.07, 6.45) is 1.59. The van der Waals surface area contributed by atoms with Crippen LogP contribution in [0.4, 0.5) is 5.69 Å². The summed E-state index contributed by atoms with van der Waals surface area (Å²) in [7, 11) is -3.96. The van der Waals surface area contributed by atoms with Crippen molar-refractivity contribution in [2.45, 2.75) is 11.8 Å². The van der Waals surface area contributed by atoms with Gasteiger partial charge in [0.25, 0.3) is 10.0 Å². The summed E-state index contributed by atoms with van der Waals surface area (Å²) < 4.78 is 27.8. The average Bonchev–Trinajstić information content (AvgIpc) is 2.55. The van der Waals surface area contributed by atoms with Crippen LogP contribution in [0, 0.1) is 6.92 Å². The van der Waals surface area contributed by atoms with Crippen molar-refractivity contribution in [3.63, 3.8) is 0 Å².